The average molecular weight is 565 g/mol. The normalized spacial score (nSPS) is 12.8. The summed E-state index contributed by atoms with van der Waals surface area (Å²) in [7, 11) is -1.28. The minimum Gasteiger partial charge on any atom is -0.0654 e. The zero-order chi connectivity index (χ0) is 28.5. The molecule has 0 bridgehead atoms. The summed E-state index contributed by atoms with van der Waals surface area (Å²) in [5.74, 6) is 5.16. The first-order chi connectivity index (χ1) is 19.1. The molecule has 0 aliphatic heterocycles. The van der Waals surface area contributed by atoms with Gasteiger partial charge in [-0.1, -0.05) is 78.1 Å². The quantitative estimate of drug-likeness (QED) is 0.0563. The molecule has 0 spiro atoms. The zero-order valence-electron chi connectivity index (χ0n) is 28.0. The van der Waals surface area contributed by atoms with E-state index in [2.05, 4.69) is 51.0 Å². The van der Waals surface area contributed by atoms with E-state index in [9.17, 15) is 0 Å². The summed E-state index contributed by atoms with van der Waals surface area (Å²) >= 11 is 0. The van der Waals surface area contributed by atoms with Gasteiger partial charge in [0.2, 0.25) is 0 Å². The summed E-state index contributed by atoms with van der Waals surface area (Å²) < 4.78 is 0. The van der Waals surface area contributed by atoms with Crippen LogP contribution in [0.4, 0.5) is 0 Å². The topological polar surface area (TPSA) is 0 Å². The standard InChI is InChI=1S/C38H77P/c1-5-7-9-11-13-15-17-19-21-23-25-27-29-31-33-35-37-39(3,4)38-36-34-32-30-28-26-24-22-20-18-16-14-12-10-8-6-2/h35-39H,5-34H2,1-4H3/b37-35+,38-36+. The molecule has 0 amide bonds. The fourth-order valence-corrected chi connectivity index (χ4v) is 7.40. The third-order valence-electron chi connectivity index (χ3n) is 8.54. The zero-order valence-corrected chi connectivity index (χ0v) is 29.0. The first-order valence-corrected chi connectivity index (χ1v) is 21.6. The molecule has 0 atom stereocenters. The van der Waals surface area contributed by atoms with Crippen LogP contribution in [-0.2, 0) is 0 Å². The monoisotopic (exact) mass is 565 g/mol. The number of hydrogen-bond donors (Lipinski definition) is 0. The first-order valence-electron chi connectivity index (χ1n) is 18.5. The van der Waals surface area contributed by atoms with Crippen molar-refractivity contribution in [3.63, 3.8) is 0 Å². The van der Waals surface area contributed by atoms with Gasteiger partial charge >= 0.3 is 173 Å². The van der Waals surface area contributed by atoms with E-state index >= 15 is 0 Å². The summed E-state index contributed by atoms with van der Waals surface area (Å²) in [6.45, 7) is 9.60. The van der Waals surface area contributed by atoms with Crippen molar-refractivity contribution in [1.29, 1.82) is 0 Å². The molecule has 0 saturated heterocycles. The van der Waals surface area contributed by atoms with Gasteiger partial charge in [-0.2, -0.15) is 0 Å². The van der Waals surface area contributed by atoms with E-state index in [0.29, 0.717) is 0 Å². The van der Waals surface area contributed by atoms with E-state index in [1.54, 1.807) is 0 Å². The van der Waals surface area contributed by atoms with Crippen LogP contribution in [0.2, 0.25) is 0 Å². The molecule has 0 aromatic rings. The molecule has 0 aliphatic carbocycles. The molecule has 1 heteroatoms. The number of unbranched alkanes of at least 4 members (excludes halogenated alkanes) is 28. The number of rotatable bonds is 32. The molecule has 0 fully saturated rings. The van der Waals surface area contributed by atoms with E-state index in [0.717, 1.165) is 0 Å². The second-order valence-electron chi connectivity index (χ2n) is 13.4. The van der Waals surface area contributed by atoms with Crippen LogP contribution >= 0.6 is 7.26 Å². The number of hydrogen-bond acceptors (Lipinski definition) is 0. The Hall–Kier alpha value is -0.0900. The van der Waals surface area contributed by atoms with Crippen molar-refractivity contribution in [3.8, 4) is 0 Å². The van der Waals surface area contributed by atoms with Crippen LogP contribution in [0.5, 0.6) is 0 Å². The third kappa shape index (κ3) is 34.0. The third-order valence-corrected chi connectivity index (χ3v) is 10.7. The van der Waals surface area contributed by atoms with Crippen LogP contribution in [-0.4, -0.2) is 13.3 Å². The summed E-state index contributed by atoms with van der Waals surface area (Å²) in [5, 5.41) is 0. The molecule has 234 valence electrons. The molecule has 0 rings (SSSR count). The van der Waals surface area contributed by atoms with Crippen molar-refractivity contribution in [3.05, 3.63) is 23.8 Å². The van der Waals surface area contributed by atoms with Gasteiger partial charge in [-0.3, -0.25) is 0 Å². The summed E-state index contributed by atoms with van der Waals surface area (Å²) in [5.41, 5.74) is 0. The maximum absolute atomic E-state index is 2.58. The van der Waals surface area contributed by atoms with Crippen molar-refractivity contribution >= 4 is 7.26 Å². The molecule has 0 N–H and O–H groups in total. The van der Waals surface area contributed by atoms with E-state index in [1.165, 1.54) is 193 Å². The Balaban J connectivity index is 3.42. The van der Waals surface area contributed by atoms with Gasteiger partial charge in [-0.05, 0) is 0 Å². The Morgan fingerprint density at radius 3 is 0.744 bits per heavy atom. The van der Waals surface area contributed by atoms with E-state index in [1.807, 2.05) is 0 Å². The summed E-state index contributed by atoms with van der Waals surface area (Å²) in [6, 6.07) is 0. The fourth-order valence-electron chi connectivity index (χ4n) is 5.74. The van der Waals surface area contributed by atoms with Crippen molar-refractivity contribution in [2.45, 2.75) is 206 Å². The Morgan fingerprint density at radius 2 is 0.513 bits per heavy atom. The van der Waals surface area contributed by atoms with Crippen LogP contribution in [0.3, 0.4) is 0 Å². The van der Waals surface area contributed by atoms with E-state index < -0.39 is 7.26 Å². The molecule has 0 aromatic carbocycles. The van der Waals surface area contributed by atoms with Gasteiger partial charge in [0.15, 0.2) is 0 Å². The molecule has 0 unspecified atom stereocenters. The van der Waals surface area contributed by atoms with Crippen LogP contribution in [0, 0.1) is 0 Å². The summed E-state index contributed by atoms with van der Waals surface area (Å²) in [4.78, 5) is 0. The molecule has 0 nitrogen and oxygen atoms in total. The van der Waals surface area contributed by atoms with Gasteiger partial charge in [0.25, 0.3) is 0 Å². The van der Waals surface area contributed by atoms with Gasteiger partial charge in [0, 0.05) is 0 Å². The van der Waals surface area contributed by atoms with Crippen molar-refractivity contribution in [2.24, 2.45) is 0 Å². The Kier molecular flexibility index (Phi) is 32.4. The van der Waals surface area contributed by atoms with Gasteiger partial charge in [0.1, 0.15) is 0 Å². The Morgan fingerprint density at radius 1 is 0.308 bits per heavy atom. The van der Waals surface area contributed by atoms with E-state index in [4.69, 9.17) is 0 Å². The molecule has 0 aliphatic rings. The van der Waals surface area contributed by atoms with Gasteiger partial charge in [-0.15, -0.1) is 0 Å². The molecular weight excluding hydrogens is 487 g/mol. The van der Waals surface area contributed by atoms with Crippen molar-refractivity contribution in [2.75, 3.05) is 13.3 Å². The smallest absolute Gasteiger partial charge is 0.0654 e. The fraction of sp³-hybridized carbons (Fsp3) is 0.895. The molecule has 39 heavy (non-hydrogen) atoms. The van der Waals surface area contributed by atoms with Crippen LogP contribution in [0.1, 0.15) is 206 Å². The predicted molar refractivity (Wildman–Crippen MR) is 188 cm³/mol. The molecule has 0 aromatic heterocycles. The van der Waals surface area contributed by atoms with Crippen LogP contribution < -0.4 is 0 Å². The predicted octanol–water partition coefficient (Wildman–Crippen LogP) is 14.8. The van der Waals surface area contributed by atoms with Gasteiger partial charge in [-0.25, -0.2) is 0 Å². The average Bonchev–Trinajstić information content (AvgIpc) is 2.92. The van der Waals surface area contributed by atoms with Crippen LogP contribution in [0.25, 0.3) is 0 Å². The second-order valence-corrected chi connectivity index (χ2v) is 17.7. The second kappa shape index (κ2) is 32.4. The first kappa shape index (κ1) is 38.9. The van der Waals surface area contributed by atoms with Crippen LogP contribution in [0.15, 0.2) is 23.8 Å². The maximum atomic E-state index is 2.58. The minimum absolute atomic E-state index is 1.28. The van der Waals surface area contributed by atoms with Crippen molar-refractivity contribution < 1.29 is 0 Å². The number of allylic oxidation sites excluding steroid dienone is 2. The summed E-state index contributed by atoms with van der Waals surface area (Å²) in [6.07, 6.45) is 48.2. The van der Waals surface area contributed by atoms with E-state index in [-0.39, 0.29) is 0 Å². The molecule has 0 heterocycles. The minimum atomic E-state index is -1.28. The Labute approximate surface area is 250 Å². The Bertz CT molecular complexity index is 459. The van der Waals surface area contributed by atoms with Crippen molar-refractivity contribution in [1.82, 2.24) is 0 Å². The molecule has 0 radical (unpaired) electrons. The van der Waals surface area contributed by atoms with Gasteiger partial charge < -0.3 is 0 Å². The SMILES string of the molecule is CCCCCCCCCCCCCCCC/C=C/[PH](C)(C)/C=C/CCCCCCCCCCCCCCCC. The van der Waals surface area contributed by atoms with Gasteiger partial charge in [0.05, 0.1) is 0 Å². The molecule has 0 saturated carbocycles. The molecular formula is C38H77P.